The number of nitrogens with one attached hydrogen (secondary N) is 1. The molecular formula is C14H14F3NO2. The lowest BCUT2D eigenvalue weighted by Gasteiger charge is -2.14. The molecule has 1 aliphatic rings. The number of halogens is 3. The standard InChI is InChI=1S/C14H14F3NO2/c15-14(16,17)12-7-9(2-6-13(19)20)1-3-10(12)8-18-11-4-5-11/h1-3,6-7,11,18H,4-5,8H2,(H,19,20). The predicted octanol–water partition coefficient (Wildman–Crippen LogP) is 3.06. The number of aliphatic carboxylic acids is 1. The van der Waals surface area contributed by atoms with Gasteiger partial charge in [0.2, 0.25) is 0 Å². The van der Waals surface area contributed by atoms with E-state index in [9.17, 15) is 18.0 Å². The zero-order valence-corrected chi connectivity index (χ0v) is 10.6. The predicted molar refractivity (Wildman–Crippen MR) is 68.0 cm³/mol. The Bertz CT molecular complexity index is 534. The molecular weight excluding hydrogens is 271 g/mol. The van der Waals surface area contributed by atoms with Crippen LogP contribution in [-0.4, -0.2) is 17.1 Å². The summed E-state index contributed by atoms with van der Waals surface area (Å²) in [7, 11) is 0. The fourth-order valence-corrected chi connectivity index (χ4v) is 1.83. The molecule has 20 heavy (non-hydrogen) atoms. The fourth-order valence-electron chi connectivity index (χ4n) is 1.83. The molecule has 2 rings (SSSR count). The summed E-state index contributed by atoms with van der Waals surface area (Å²) in [5.41, 5.74) is -0.329. The van der Waals surface area contributed by atoms with Gasteiger partial charge in [-0.25, -0.2) is 4.79 Å². The van der Waals surface area contributed by atoms with Crippen molar-refractivity contribution in [1.29, 1.82) is 0 Å². The fraction of sp³-hybridized carbons (Fsp3) is 0.357. The van der Waals surface area contributed by atoms with Gasteiger partial charge in [0.15, 0.2) is 0 Å². The number of carboxylic acid groups (broad SMARTS) is 1. The molecule has 0 spiro atoms. The Hall–Kier alpha value is -1.82. The second-order valence-electron chi connectivity index (χ2n) is 4.74. The monoisotopic (exact) mass is 285 g/mol. The summed E-state index contributed by atoms with van der Waals surface area (Å²) in [6, 6.07) is 4.17. The second-order valence-corrected chi connectivity index (χ2v) is 4.74. The molecule has 0 heterocycles. The molecule has 108 valence electrons. The molecule has 1 aliphatic carbocycles. The summed E-state index contributed by atoms with van der Waals surface area (Å²) in [5.74, 6) is -1.20. The SMILES string of the molecule is O=C(O)C=Cc1ccc(CNC2CC2)c(C(F)(F)F)c1. The second kappa shape index (κ2) is 5.66. The topological polar surface area (TPSA) is 49.3 Å². The van der Waals surface area contributed by atoms with Gasteiger partial charge in [0.25, 0.3) is 0 Å². The lowest BCUT2D eigenvalue weighted by molar-refractivity contribution is -0.138. The Morgan fingerprint density at radius 3 is 2.65 bits per heavy atom. The molecule has 0 saturated heterocycles. The van der Waals surface area contributed by atoms with Crippen molar-refractivity contribution < 1.29 is 23.1 Å². The van der Waals surface area contributed by atoms with Gasteiger partial charge in [-0.2, -0.15) is 13.2 Å². The Morgan fingerprint density at radius 2 is 2.10 bits per heavy atom. The van der Waals surface area contributed by atoms with Crippen LogP contribution in [0.25, 0.3) is 6.08 Å². The van der Waals surface area contributed by atoms with Crippen molar-refractivity contribution in [3.63, 3.8) is 0 Å². The zero-order chi connectivity index (χ0) is 14.8. The van der Waals surface area contributed by atoms with E-state index in [0.29, 0.717) is 6.04 Å². The third-order valence-electron chi connectivity index (χ3n) is 3.02. The quantitative estimate of drug-likeness (QED) is 0.817. The van der Waals surface area contributed by atoms with Crippen molar-refractivity contribution in [1.82, 2.24) is 5.32 Å². The van der Waals surface area contributed by atoms with Gasteiger partial charge in [-0.3, -0.25) is 0 Å². The summed E-state index contributed by atoms with van der Waals surface area (Å²) < 4.78 is 39.0. The number of hydrogen-bond donors (Lipinski definition) is 2. The van der Waals surface area contributed by atoms with Gasteiger partial charge in [-0.1, -0.05) is 12.1 Å². The van der Waals surface area contributed by atoms with Crippen molar-refractivity contribution >= 4 is 12.0 Å². The van der Waals surface area contributed by atoms with Crippen LogP contribution in [0.1, 0.15) is 29.5 Å². The molecule has 0 amide bonds. The van der Waals surface area contributed by atoms with E-state index < -0.39 is 17.7 Å². The third kappa shape index (κ3) is 4.09. The van der Waals surface area contributed by atoms with Gasteiger partial charge in [-0.15, -0.1) is 0 Å². The van der Waals surface area contributed by atoms with E-state index >= 15 is 0 Å². The molecule has 0 radical (unpaired) electrons. The molecule has 0 aromatic heterocycles. The van der Waals surface area contributed by atoms with Crippen molar-refractivity contribution in [2.45, 2.75) is 31.6 Å². The molecule has 3 nitrogen and oxygen atoms in total. The highest BCUT2D eigenvalue weighted by Gasteiger charge is 2.33. The first kappa shape index (κ1) is 14.6. The molecule has 0 unspecified atom stereocenters. The summed E-state index contributed by atoms with van der Waals surface area (Å²) in [6.45, 7) is 0.169. The maximum absolute atomic E-state index is 13.0. The van der Waals surface area contributed by atoms with E-state index in [1.54, 1.807) is 0 Å². The number of rotatable bonds is 5. The van der Waals surface area contributed by atoms with Crippen LogP contribution in [0.4, 0.5) is 13.2 Å². The highest BCUT2D eigenvalue weighted by molar-refractivity contribution is 5.85. The Kier molecular flexibility index (Phi) is 4.13. The highest BCUT2D eigenvalue weighted by Crippen LogP contribution is 2.33. The summed E-state index contributed by atoms with van der Waals surface area (Å²) >= 11 is 0. The number of benzene rings is 1. The highest BCUT2D eigenvalue weighted by atomic mass is 19.4. The summed E-state index contributed by atoms with van der Waals surface area (Å²) in [5, 5.41) is 11.5. The smallest absolute Gasteiger partial charge is 0.416 e. The Labute approximate surface area is 114 Å². The van der Waals surface area contributed by atoms with Crippen LogP contribution in [0.5, 0.6) is 0 Å². The number of alkyl halides is 3. The van der Waals surface area contributed by atoms with E-state index in [1.165, 1.54) is 12.1 Å². The lowest BCUT2D eigenvalue weighted by Crippen LogP contribution is -2.19. The van der Waals surface area contributed by atoms with Crippen molar-refractivity contribution in [3.05, 3.63) is 41.0 Å². The van der Waals surface area contributed by atoms with Gasteiger partial charge in [0, 0.05) is 18.7 Å². The van der Waals surface area contributed by atoms with Gasteiger partial charge >= 0.3 is 12.1 Å². The molecule has 2 N–H and O–H groups in total. The summed E-state index contributed by atoms with van der Waals surface area (Å²) in [6.07, 6.45) is -0.484. The molecule has 1 aromatic rings. The molecule has 0 bridgehead atoms. The van der Waals surface area contributed by atoms with Crippen LogP contribution in [0.15, 0.2) is 24.3 Å². The number of carboxylic acids is 1. The Balaban J connectivity index is 2.24. The summed E-state index contributed by atoms with van der Waals surface area (Å²) in [4.78, 5) is 10.4. The van der Waals surface area contributed by atoms with Gasteiger partial charge in [-0.05, 0) is 36.1 Å². The van der Waals surface area contributed by atoms with E-state index in [2.05, 4.69) is 5.32 Å². The van der Waals surface area contributed by atoms with Crippen molar-refractivity contribution in [2.75, 3.05) is 0 Å². The van der Waals surface area contributed by atoms with Gasteiger partial charge < -0.3 is 10.4 Å². The van der Waals surface area contributed by atoms with Crippen molar-refractivity contribution in [2.24, 2.45) is 0 Å². The van der Waals surface area contributed by atoms with Crippen LogP contribution >= 0.6 is 0 Å². The molecule has 0 atom stereocenters. The van der Waals surface area contributed by atoms with E-state index in [1.807, 2.05) is 0 Å². The van der Waals surface area contributed by atoms with Crippen LogP contribution in [0.3, 0.4) is 0 Å². The average Bonchev–Trinajstić information content (AvgIpc) is 3.17. The van der Waals surface area contributed by atoms with Crippen LogP contribution in [0.2, 0.25) is 0 Å². The van der Waals surface area contributed by atoms with E-state index in [4.69, 9.17) is 5.11 Å². The third-order valence-corrected chi connectivity index (χ3v) is 3.02. The van der Waals surface area contributed by atoms with Gasteiger partial charge in [0.1, 0.15) is 0 Å². The molecule has 0 aliphatic heterocycles. The number of carbonyl (C=O) groups is 1. The first-order valence-corrected chi connectivity index (χ1v) is 6.21. The lowest BCUT2D eigenvalue weighted by atomic mass is 10.0. The zero-order valence-electron chi connectivity index (χ0n) is 10.6. The molecule has 1 saturated carbocycles. The van der Waals surface area contributed by atoms with Crippen LogP contribution in [-0.2, 0) is 17.5 Å². The number of hydrogen-bond acceptors (Lipinski definition) is 2. The van der Waals surface area contributed by atoms with Gasteiger partial charge in [0.05, 0.1) is 5.56 Å². The van der Waals surface area contributed by atoms with Crippen LogP contribution in [0, 0.1) is 0 Å². The first-order valence-electron chi connectivity index (χ1n) is 6.21. The minimum Gasteiger partial charge on any atom is -0.478 e. The Morgan fingerprint density at radius 1 is 1.40 bits per heavy atom. The normalized spacial score (nSPS) is 15.8. The van der Waals surface area contributed by atoms with Crippen LogP contribution < -0.4 is 5.32 Å². The molecule has 1 fully saturated rings. The molecule has 6 heteroatoms. The largest absolute Gasteiger partial charge is 0.478 e. The first-order chi connectivity index (χ1) is 9.36. The van der Waals surface area contributed by atoms with E-state index in [0.717, 1.165) is 31.1 Å². The molecule has 1 aromatic carbocycles. The average molecular weight is 285 g/mol. The minimum absolute atomic E-state index is 0.169. The van der Waals surface area contributed by atoms with E-state index in [-0.39, 0.29) is 17.7 Å². The minimum atomic E-state index is -4.45. The maximum Gasteiger partial charge on any atom is 0.416 e. The van der Waals surface area contributed by atoms with Crippen molar-refractivity contribution in [3.8, 4) is 0 Å². The maximum atomic E-state index is 13.0.